The summed E-state index contributed by atoms with van der Waals surface area (Å²) in [6.07, 6.45) is 4.52. The number of nitrogens with zero attached hydrogens (tertiary/aromatic N) is 1. The Labute approximate surface area is 125 Å². The summed E-state index contributed by atoms with van der Waals surface area (Å²) in [5.74, 6) is -1.12. The highest BCUT2D eigenvalue weighted by Gasteiger charge is 2.44. The molecule has 1 aromatic carbocycles. The Bertz CT molecular complexity index is 496. The second-order valence-electron chi connectivity index (χ2n) is 4.83. The summed E-state index contributed by atoms with van der Waals surface area (Å²) in [4.78, 5) is 17.2. The standard InChI is InChI=1S/C16H21NO4/c1-19-16(20-2,13-8-5-4-6-9-13)17(21-3)14-10-7-11-15(18)12-14/h4-9,11,14H,10,12H2,1-3H3. The van der Waals surface area contributed by atoms with Gasteiger partial charge >= 0.3 is 0 Å². The molecule has 0 aromatic heterocycles. The minimum atomic E-state index is -1.19. The van der Waals surface area contributed by atoms with Crippen LogP contribution in [0.5, 0.6) is 0 Å². The van der Waals surface area contributed by atoms with Crippen molar-refractivity contribution in [3.8, 4) is 0 Å². The molecule has 1 aliphatic carbocycles. The van der Waals surface area contributed by atoms with Gasteiger partial charge in [0.25, 0.3) is 5.91 Å². The van der Waals surface area contributed by atoms with Crippen molar-refractivity contribution in [2.24, 2.45) is 0 Å². The van der Waals surface area contributed by atoms with E-state index < -0.39 is 5.91 Å². The van der Waals surface area contributed by atoms with E-state index in [0.29, 0.717) is 12.8 Å². The lowest BCUT2D eigenvalue weighted by Crippen LogP contribution is -2.54. The molecule has 0 radical (unpaired) electrons. The first-order valence-corrected chi connectivity index (χ1v) is 6.86. The Morgan fingerprint density at radius 3 is 2.33 bits per heavy atom. The highest BCUT2D eigenvalue weighted by Crippen LogP contribution is 2.34. The minimum absolute atomic E-state index is 0.0717. The summed E-state index contributed by atoms with van der Waals surface area (Å²) in [5.41, 5.74) is 0.804. The number of hydrogen-bond acceptors (Lipinski definition) is 5. The number of allylic oxidation sites excluding steroid dienone is 1. The molecule has 21 heavy (non-hydrogen) atoms. The van der Waals surface area contributed by atoms with Gasteiger partial charge in [0.2, 0.25) is 0 Å². The molecule has 5 nitrogen and oxygen atoms in total. The van der Waals surface area contributed by atoms with Gasteiger partial charge in [-0.15, -0.1) is 5.06 Å². The molecule has 1 aromatic rings. The third-order valence-electron chi connectivity index (χ3n) is 3.66. The van der Waals surface area contributed by atoms with Gasteiger partial charge in [0, 0.05) is 26.2 Å². The van der Waals surface area contributed by atoms with Crippen molar-refractivity contribution >= 4 is 5.78 Å². The van der Waals surface area contributed by atoms with Gasteiger partial charge in [-0.3, -0.25) is 9.63 Å². The molecule has 0 aliphatic heterocycles. The molecule has 0 spiro atoms. The Kier molecular flexibility index (Phi) is 5.25. The van der Waals surface area contributed by atoms with E-state index in [-0.39, 0.29) is 11.8 Å². The van der Waals surface area contributed by atoms with E-state index in [1.807, 2.05) is 36.4 Å². The molecule has 1 unspecified atom stereocenters. The second-order valence-corrected chi connectivity index (χ2v) is 4.83. The first-order valence-electron chi connectivity index (χ1n) is 6.86. The topological polar surface area (TPSA) is 48.0 Å². The van der Waals surface area contributed by atoms with Crippen LogP contribution in [-0.2, 0) is 25.0 Å². The van der Waals surface area contributed by atoms with Crippen LogP contribution >= 0.6 is 0 Å². The number of carbonyl (C=O) groups excluding carboxylic acids is 1. The quantitative estimate of drug-likeness (QED) is 0.594. The maximum atomic E-state index is 11.7. The van der Waals surface area contributed by atoms with Crippen LogP contribution in [0.2, 0.25) is 0 Å². The van der Waals surface area contributed by atoms with Crippen LogP contribution in [0.1, 0.15) is 18.4 Å². The van der Waals surface area contributed by atoms with Crippen LogP contribution in [0.15, 0.2) is 42.5 Å². The first-order chi connectivity index (χ1) is 10.2. The summed E-state index contributed by atoms with van der Waals surface area (Å²) in [5, 5.41) is 1.61. The Hall–Kier alpha value is -1.53. The molecule has 0 amide bonds. The largest absolute Gasteiger partial charge is 0.335 e. The summed E-state index contributed by atoms with van der Waals surface area (Å²) in [6, 6.07) is 9.39. The summed E-state index contributed by atoms with van der Waals surface area (Å²) < 4.78 is 11.3. The zero-order valence-electron chi connectivity index (χ0n) is 12.6. The molecular weight excluding hydrogens is 270 g/mol. The number of methoxy groups -OCH3 is 2. The Morgan fingerprint density at radius 2 is 1.81 bits per heavy atom. The van der Waals surface area contributed by atoms with Gasteiger partial charge in [0.1, 0.15) is 0 Å². The van der Waals surface area contributed by atoms with Crippen LogP contribution in [0.25, 0.3) is 0 Å². The lowest BCUT2D eigenvalue weighted by Gasteiger charge is -2.43. The van der Waals surface area contributed by atoms with Crippen molar-refractivity contribution in [3.05, 3.63) is 48.0 Å². The van der Waals surface area contributed by atoms with Crippen molar-refractivity contribution < 1.29 is 19.1 Å². The van der Waals surface area contributed by atoms with Crippen LogP contribution in [0.3, 0.4) is 0 Å². The van der Waals surface area contributed by atoms with E-state index in [2.05, 4.69) is 0 Å². The van der Waals surface area contributed by atoms with E-state index in [1.165, 1.54) is 0 Å². The maximum Gasteiger partial charge on any atom is 0.280 e. The van der Waals surface area contributed by atoms with Crippen LogP contribution in [0, 0.1) is 0 Å². The zero-order chi connectivity index (χ0) is 15.3. The molecule has 0 N–H and O–H groups in total. The van der Waals surface area contributed by atoms with Crippen molar-refractivity contribution in [1.29, 1.82) is 0 Å². The number of ketones is 1. The van der Waals surface area contributed by atoms with Gasteiger partial charge in [-0.1, -0.05) is 36.4 Å². The fourth-order valence-electron chi connectivity index (χ4n) is 2.70. The molecule has 114 valence electrons. The van der Waals surface area contributed by atoms with Crippen LogP contribution in [-0.4, -0.2) is 38.2 Å². The second kappa shape index (κ2) is 6.95. The van der Waals surface area contributed by atoms with Gasteiger partial charge in [-0.25, -0.2) is 0 Å². The van der Waals surface area contributed by atoms with Crippen LogP contribution < -0.4 is 0 Å². The molecule has 1 aliphatic rings. The third kappa shape index (κ3) is 3.06. The smallest absolute Gasteiger partial charge is 0.280 e. The molecule has 0 fully saturated rings. The molecule has 2 rings (SSSR count). The van der Waals surface area contributed by atoms with E-state index >= 15 is 0 Å². The molecule has 0 heterocycles. The SMILES string of the molecule is CON(C1CC=CC(=O)C1)C(OC)(OC)c1ccccc1. The van der Waals surface area contributed by atoms with Gasteiger partial charge in [0.15, 0.2) is 5.78 Å². The van der Waals surface area contributed by atoms with E-state index in [1.54, 1.807) is 32.5 Å². The number of carbonyl (C=O) groups is 1. The van der Waals surface area contributed by atoms with Gasteiger partial charge in [-0.05, 0) is 12.5 Å². The molecule has 5 heteroatoms. The lowest BCUT2D eigenvalue weighted by atomic mass is 9.99. The van der Waals surface area contributed by atoms with Crippen LogP contribution in [0.4, 0.5) is 0 Å². The number of ether oxygens (including phenoxy) is 2. The highest BCUT2D eigenvalue weighted by atomic mass is 16.8. The molecular formula is C16H21NO4. The van der Waals surface area contributed by atoms with E-state index in [4.69, 9.17) is 14.3 Å². The highest BCUT2D eigenvalue weighted by molar-refractivity contribution is 5.90. The molecule has 1 atom stereocenters. The fraction of sp³-hybridized carbons (Fsp3) is 0.438. The minimum Gasteiger partial charge on any atom is -0.335 e. The normalized spacial score (nSPS) is 19.2. The van der Waals surface area contributed by atoms with Gasteiger partial charge in [0.05, 0.1) is 13.2 Å². The van der Waals surface area contributed by atoms with Gasteiger partial charge < -0.3 is 9.47 Å². The fourth-order valence-corrected chi connectivity index (χ4v) is 2.70. The monoisotopic (exact) mass is 291 g/mol. The van der Waals surface area contributed by atoms with Crippen molar-refractivity contribution in [1.82, 2.24) is 5.06 Å². The zero-order valence-corrected chi connectivity index (χ0v) is 12.6. The number of benzene rings is 1. The summed E-state index contributed by atoms with van der Waals surface area (Å²) in [6.45, 7) is 0. The molecule has 0 saturated carbocycles. The lowest BCUT2D eigenvalue weighted by molar-refractivity contribution is -0.411. The summed E-state index contributed by atoms with van der Waals surface area (Å²) in [7, 11) is 4.67. The van der Waals surface area contributed by atoms with Crippen molar-refractivity contribution in [2.45, 2.75) is 24.8 Å². The van der Waals surface area contributed by atoms with Gasteiger partial charge in [-0.2, -0.15) is 0 Å². The average molecular weight is 291 g/mol. The number of rotatable bonds is 6. The predicted octanol–water partition coefficient (Wildman–Crippen LogP) is 2.24. The van der Waals surface area contributed by atoms with Crippen molar-refractivity contribution in [2.75, 3.05) is 21.3 Å². The molecule has 0 bridgehead atoms. The summed E-state index contributed by atoms with van der Waals surface area (Å²) >= 11 is 0. The number of hydrogen-bond donors (Lipinski definition) is 0. The maximum absolute atomic E-state index is 11.7. The third-order valence-corrected chi connectivity index (χ3v) is 3.66. The average Bonchev–Trinajstić information content (AvgIpc) is 2.53. The van der Waals surface area contributed by atoms with E-state index in [9.17, 15) is 4.79 Å². The van der Waals surface area contributed by atoms with E-state index in [0.717, 1.165) is 5.56 Å². The predicted molar refractivity (Wildman–Crippen MR) is 78.2 cm³/mol. The Balaban J connectivity index is 2.39. The number of hydroxylamine groups is 2. The van der Waals surface area contributed by atoms with Crippen molar-refractivity contribution in [3.63, 3.8) is 0 Å². The first kappa shape index (κ1) is 15.9. The Morgan fingerprint density at radius 1 is 1.14 bits per heavy atom. The molecule has 0 saturated heterocycles.